The molecule has 1 fully saturated rings. The van der Waals surface area contributed by atoms with E-state index < -0.39 is 0 Å². The van der Waals surface area contributed by atoms with Crippen molar-refractivity contribution >= 4 is 29.8 Å². The normalized spacial score (nSPS) is 15.5. The number of aromatic amines is 1. The molecule has 3 rings (SSSR count). The van der Waals surface area contributed by atoms with E-state index in [0.717, 1.165) is 31.5 Å². The van der Waals surface area contributed by atoms with E-state index in [1.54, 1.807) is 18.2 Å². The Morgan fingerprint density at radius 3 is 2.60 bits per heavy atom. The smallest absolute Gasteiger partial charge is 0.233 e. The summed E-state index contributed by atoms with van der Waals surface area (Å²) < 4.78 is 12.9. The highest BCUT2D eigenvalue weighted by atomic mass is 32.2. The minimum Gasteiger partial charge on any atom is -0.342 e. The predicted octanol–water partition coefficient (Wildman–Crippen LogP) is 3.61. The van der Waals surface area contributed by atoms with Crippen molar-refractivity contribution in [2.24, 2.45) is 0 Å². The largest absolute Gasteiger partial charge is 0.342 e. The lowest BCUT2D eigenvalue weighted by Gasteiger charge is -2.19. The summed E-state index contributed by atoms with van der Waals surface area (Å²) >= 11 is 1.35. The zero-order valence-corrected chi connectivity index (χ0v) is 14.8. The molecule has 132 valence electrons. The summed E-state index contributed by atoms with van der Waals surface area (Å²) in [6.45, 7) is 1.72. The van der Waals surface area contributed by atoms with Crippen LogP contribution in [0, 0.1) is 5.82 Å². The SMILES string of the molecule is O=C(CSc1n[nH]c(/C=C/c2ccc(F)cc2)n1)N1CCCCCC1. The summed E-state index contributed by atoms with van der Waals surface area (Å²) in [6.07, 6.45) is 8.21. The Kier molecular flexibility index (Phi) is 6.22. The number of nitrogens with one attached hydrogen (secondary N) is 1. The van der Waals surface area contributed by atoms with Gasteiger partial charge in [-0.1, -0.05) is 42.8 Å². The fourth-order valence-electron chi connectivity index (χ4n) is 2.68. The van der Waals surface area contributed by atoms with E-state index in [1.807, 2.05) is 11.0 Å². The van der Waals surface area contributed by atoms with Crippen LogP contribution in [0.25, 0.3) is 12.2 Å². The van der Waals surface area contributed by atoms with E-state index in [1.165, 1.54) is 36.7 Å². The number of benzene rings is 1. The van der Waals surface area contributed by atoms with Crippen molar-refractivity contribution in [1.82, 2.24) is 20.1 Å². The Hall–Kier alpha value is -2.15. The summed E-state index contributed by atoms with van der Waals surface area (Å²) in [5.74, 6) is 0.859. The van der Waals surface area contributed by atoms with Gasteiger partial charge < -0.3 is 4.90 Å². The quantitative estimate of drug-likeness (QED) is 0.828. The monoisotopic (exact) mass is 360 g/mol. The van der Waals surface area contributed by atoms with Crippen molar-refractivity contribution in [1.29, 1.82) is 0 Å². The van der Waals surface area contributed by atoms with Crippen LogP contribution in [0.5, 0.6) is 0 Å². The van der Waals surface area contributed by atoms with Gasteiger partial charge in [-0.25, -0.2) is 9.37 Å². The number of rotatable bonds is 5. The molecule has 1 N–H and O–H groups in total. The van der Waals surface area contributed by atoms with Gasteiger partial charge in [0.2, 0.25) is 11.1 Å². The van der Waals surface area contributed by atoms with Gasteiger partial charge in [-0.05, 0) is 36.6 Å². The number of likely N-dealkylation sites (tertiary alicyclic amines) is 1. The average molecular weight is 360 g/mol. The molecule has 25 heavy (non-hydrogen) atoms. The molecule has 1 aromatic carbocycles. The van der Waals surface area contributed by atoms with Crippen LogP contribution in [0.4, 0.5) is 4.39 Å². The first-order valence-corrected chi connectivity index (χ1v) is 9.46. The molecule has 5 nitrogen and oxygen atoms in total. The summed E-state index contributed by atoms with van der Waals surface area (Å²) in [5, 5.41) is 7.51. The van der Waals surface area contributed by atoms with Crippen molar-refractivity contribution in [3.63, 3.8) is 0 Å². The van der Waals surface area contributed by atoms with Crippen LogP contribution in [-0.2, 0) is 4.79 Å². The molecule has 0 atom stereocenters. The molecule has 0 bridgehead atoms. The van der Waals surface area contributed by atoms with Crippen LogP contribution in [0.1, 0.15) is 37.1 Å². The number of thioether (sulfide) groups is 1. The van der Waals surface area contributed by atoms with E-state index in [-0.39, 0.29) is 11.7 Å². The maximum absolute atomic E-state index is 12.9. The Bertz CT molecular complexity index is 721. The number of carbonyl (C=O) groups excluding carboxylic acids is 1. The van der Waals surface area contributed by atoms with Crippen molar-refractivity contribution in [2.75, 3.05) is 18.8 Å². The standard InChI is InChI=1S/C18H21FN4OS/c19-15-8-5-14(6-9-15)7-10-16-20-18(22-21-16)25-13-17(24)23-11-3-1-2-4-12-23/h5-10H,1-4,11-13H2,(H,20,21,22)/b10-7+. The zero-order chi connectivity index (χ0) is 17.5. The first-order valence-electron chi connectivity index (χ1n) is 8.47. The summed E-state index contributed by atoms with van der Waals surface area (Å²) in [4.78, 5) is 18.6. The summed E-state index contributed by atoms with van der Waals surface area (Å²) in [6, 6.07) is 6.21. The number of halogens is 1. The van der Waals surface area contributed by atoms with Gasteiger partial charge in [0, 0.05) is 13.1 Å². The number of hydrogen-bond donors (Lipinski definition) is 1. The Morgan fingerprint density at radius 1 is 1.16 bits per heavy atom. The number of carbonyl (C=O) groups is 1. The Morgan fingerprint density at radius 2 is 1.88 bits per heavy atom. The zero-order valence-electron chi connectivity index (χ0n) is 13.9. The predicted molar refractivity (Wildman–Crippen MR) is 97.5 cm³/mol. The third-order valence-electron chi connectivity index (χ3n) is 4.07. The molecule has 0 spiro atoms. The molecule has 2 heterocycles. The molecule has 1 aliphatic rings. The highest BCUT2D eigenvalue weighted by Gasteiger charge is 2.16. The van der Waals surface area contributed by atoms with E-state index in [2.05, 4.69) is 15.2 Å². The highest BCUT2D eigenvalue weighted by molar-refractivity contribution is 7.99. The third kappa shape index (κ3) is 5.42. The van der Waals surface area contributed by atoms with Crippen LogP contribution in [0.2, 0.25) is 0 Å². The lowest BCUT2D eigenvalue weighted by Crippen LogP contribution is -2.33. The highest BCUT2D eigenvalue weighted by Crippen LogP contribution is 2.16. The van der Waals surface area contributed by atoms with E-state index in [4.69, 9.17) is 0 Å². The third-order valence-corrected chi connectivity index (χ3v) is 4.90. The molecular formula is C18H21FN4OS. The molecule has 0 saturated carbocycles. The number of amides is 1. The lowest BCUT2D eigenvalue weighted by atomic mass is 10.2. The fraction of sp³-hybridized carbons (Fsp3) is 0.389. The second-order valence-electron chi connectivity index (χ2n) is 5.97. The van der Waals surface area contributed by atoms with Gasteiger partial charge in [0.25, 0.3) is 0 Å². The van der Waals surface area contributed by atoms with Gasteiger partial charge in [0.15, 0.2) is 0 Å². The molecule has 1 aliphatic heterocycles. The molecule has 1 amide bonds. The first kappa shape index (κ1) is 17.7. The van der Waals surface area contributed by atoms with Gasteiger partial charge in [0.1, 0.15) is 11.6 Å². The van der Waals surface area contributed by atoms with Crippen LogP contribution < -0.4 is 0 Å². The molecule has 1 saturated heterocycles. The molecule has 7 heteroatoms. The maximum Gasteiger partial charge on any atom is 0.233 e. The fourth-order valence-corrected chi connectivity index (χ4v) is 3.39. The molecule has 1 aromatic heterocycles. The van der Waals surface area contributed by atoms with Gasteiger partial charge in [-0.15, -0.1) is 5.10 Å². The number of hydrogen-bond acceptors (Lipinski definition) is 4. The van der Waals surface area contributed by atoms with Crippen LogP contribution in [-0.4, -0.2) is 44.8 Å². The van der Waals surface area contributed by atoms with Crippen LogP contribution in [0.15, 0.2) is 29.4 Å². The van der Waals surface area contributed by atoms with Crippen molar-refractivity contribution in [3.8, 4) is 0 Å². The Labute approximate surface area is 150 Å². The number of H-pyrrole nitrogens is 1. The van der Waals surface area contributed by atoms with E-state index >= 15 is 0 Å². The molecule has 0 aliphatic carbocycles. The topological polar surface area (TPSA) is 61.9 Å². The minimum atomic E-state index is -0.260. The molecule has 0 unspecified atom stereocenters. The number of aromatic nitrogens is 3. The van der Waals surface area contributed by atoms with Gasteiger partial charge in [-0.2, -0.15) is 0 Å². The lowest BCUT2D eigenvalue weighted by molar-refractivity contribution is -0.128. The second-order valence-corrected chi connectivity index (χ2v) is 6.91. The summed E-state index contributed by atoms with van der Waals surface area (Å²) in [5.41, 5.74) is 0.878. The molecule has 0 radical (unpaired) electrons. The van der Waals surface area contributed by atoms with Crippen molar-refractivity contribution < 1.29 is 9.18 Å². The maximum atomic E-state index is 12.9. The van der Waals surface area contributed by atoms with Gasteiger partial charge in [-0.3, -0.25) is 9.89 Å². The first-order chi connectivity index (χ1) is 12.2. The average Bonchev–Trinajstić information content (AvgIpc) is 2.90. The van der Waals surface area contributed by atoms with Gasteiger partial charge in [0.05, 0.1) is 5.75 Å². The minimum absolute atomic E-state index is 0.153. The van der Waals surface area contributed by atoms with Crippen LogP contribution >= 0.6 is 11.8 Å². The van der Waals surface area contributed by atoms with Crippen molar-refractivity contribution in [3.05, 3.63) is 41.5 Å². The summed E-state index contributed by atoms with van der Waals surface area (Å²) in [7, 11) is 0. The molecule has 2 aromatic rings. The number of nitrogens with zero attached hydrogens (tertiary/aromatic N) is 3. The second kappa shape index (κ2) is 8.80. The van der Waals surface area contributed by atoms with Gasteiger partial charge >= 0.3 is 0 Å². The van der Waals surface area contributed by atoms with Crippen LogP contribution in [0.3, 0.4) is 0 Å². The van der Waals surface area contributed by atoms with E-state index in [0.29, 0.717) is 16.7 Å². The van der Waals surface area contributed by atoms with Crippen molar-refractivity contribution in [2.45, 2.75) is 30.8 Å². The Balaban J connectivity index is 1.51. The van der Waals surface area contributed by atoms with E-state index in [9.17, 15) is 9.18 Å². The molecular weight excluding hydrogens is 339 g/mol.